The Bertz CT molecular complexity index is 629. The van der Waals surface area contributed by atoms with Crippen LogP contribution in [-0.2, 0) is 14.9 Å². The van der Waals surface area contributed by atoms with E-state index in [-0.39, 0.29) is 12.1 Å². The molecule has 1 aromatic heterocycles. The van der Waals surface area contributed by atoms with Crippen LogP contribution in [0.25, 0.3) is 0 Å². The van der Waals surface area contributed by atoms with Gasteiger partial charge in [0.25, 0.3) is 0 Å². The predicted molar refractivity (Wildman–Crippen MR) is 74.6 cm³/mol. The molecule has 1 fully saturated rings. The molecule has 1 aliphatic heterocycles. The number of carbonyl (C=O) groups excluding carboxylic acids is 1. The Hall–Kier alpha value is -1.68. The van der Waals surface area contributed by atoms with Crippen LogP contribution in [0.15, 0.2) is 53.1 Å². The van der Waals surface area contributed by atoms with Crippen molar-refractivity contribution in [3.05, 3.63) is 64.4 Å². The maximum absolute atomic E-state index is 12.0. The van der Waals surface area contributed by atoms with Crippen LogP contribution in [-0.4, -0.2) is 11.0 Å². The number of benzene rings is 1. The first-order chi connectivity index (χ1) is 9.12. The summed E-state index contributed by atoms with van der Waals surface area (Å²) >= 11 is 3.34. The molecule has 2 aromatic rings. The number of nitrogens with zero attached hydrogens (tertiary/aromatic N) is 1. The third-order valence-corrected chi connectivity index (χ3v) is 3.99. The van der Waals surface area contributed by atoms with Crippen LogP contribution in [0.3, 0.4) is 0 Å². The van der Waals surface area contributed by atoms with Gasteiger partial charge in [-0.3, -0.25) is 4.79 Å². The van der Waals surface area contributed by atoms with Crippen LogP contribution in [0.4, 0.5) is 0 Å². The third kappa shape index (κ3) is 1.87. The summed E-state index contributed by atoms with van der Waals surface area (Å²) in [6.07, 6.45) is -0.333. The Kier molecular flexibility index (Phi) is 2.90. The standard InChI is InChI=1S/C15H12BrNO2/c1-15(10-6-3-2-4-7-10)13(19-14(15)18)11-8-5-9-12(16)17-11/h2-9,13H,1H3/t13-,15+/m1/s1. The van der Waals surface area contributed by atoms with Crippen molar-refractivity contribution in [2.75, 3.05) is 0 Å². The number of halogens is 1. The van der Waals surface area contributed by atoms with E-state index in [0.29, 0.717) is 0 Å². The Morgan fingerprint density at radius 3 is 2.53 bits per heavy atom. The van der Waals surface area contributed by atoms with Crippen molar-refractivity contribution < 1.29 is 9.53 Å². The van der Waals surface area contributed by atoms with Crippen LogP contribution in [0.1, 0.15) is 24.3 Å². The lowest BCUT2D eigenvalue weighted by atomic mass is 9.72. The molecule has 19 heavy (non-hydrogen) atoms. The van der Waals surface area contributed by atoms with Crippen molar-refractivity contribution in [3.63, 3.8) is 0 Å². The average Bonchev–Trinajstić information content (AvgIpc) is 2.44. The molecule has 1 aromatic carbocycles. The second kappa shape index (κ2) is 4.46. The fourth-order valence-corrected chi connectivity index (χ4v) is 2.73. The lowest BCUT2D eigenvalue weighted by Crippen LogP contribution is -2.52. The monoisotopic (exact) mass is 317 g/mol. The fraction of sp³-hybridized carbons (Fsp3) is 0.200. The SMILES string of the molecule is C[C@@]1(c2ccccc2)C(=O)O[C@@H]1c1cccc(Br)n1. The van der Waals surface area contributed by atoms with Crippen molar-refractivity contribution in [2.24, 2.45) is 0 Å². The number of aromatic nitrogens is 1. The smallest absolute Gasteiger partial charge is 0.321 e. The summed E-state index contributed by atoms with van der Waals surface area (Å²) in [5, 5.41) is 0. The molecule has 0 aliphatic carbocycles. The summed E-state index contributed by atoms with van der Waals surface area (Å²) in [5.41, 5.74) is 1.06. The number of hydrogen-bond acceptors (Lipinski definition) is 3. The first-order valence-corrected chi connectivity index (χ1v) is 6.81. The maximum Gasteiger partial charge on any atom is 0.321 e. The first-order valence-electron chi connectivity index (χ1n) is 6.01. The van der Waals surface area contributed by atoms with Gasteiger partial charge in [-0.1, -0.05) is 36.4 Å². The highest BCUT2D eigenvalue weighted by Gasteiger charge is 2.57. The van der Waals surface area contributed by atoms with Crippen LogP contribution in [0.2, 0.25) is 0 Å². The number of esters is 1. The molecule has 0 amide bonds. The molecule has 0 unspecified atom stereocenters. The van der Waals surface area contributed by atoms with Gasteiger partial charge >= 0.3 is 5.97 Å². The molecule has 0 radical (unpaired) electrons. The normalized spacial score (nSPS) is 25.6. The molecule has 0 bridgehead atoms. The van der Waals surface area contributed by atoms with Gasteiger partial charge < -0.3 is 4.74 Å². The molecule has 0 N–H and O–H groups in total. The van der Waals surface area contributed by atoms with E-state index in [2.05, 4.69) is 20.9 Å². The Morgan fingerprint density at radius 2 is 1.89 bits per heavy atom. The van der Waals surface area contributed by atoms with Crippen LogP contribution in [0, 0.1) is 0 Å². The molecule has 0 spiro atoms. The topological polar surface area (TPSA) is 39.2 Å². The Morgan fingerprint density at radius 1 is 1.16 bits per heavy atom. The van der Waals surface area contributed by atoms with Crippen molar-refractivity contribution in [3.8, 4) is 0 Å². The van der Waals surface area contributed by atoms with Crippen molar-refractivity contribution in [1.29, 1.82) is 0 Å². The van der Waals surface area contributed by atoms with E-state index in [1.54, 1.807) is 0 Å². The van der Waals surface area contributed by atoms with Gasteiger partial charge in [0.05, 0.1) is 5.69 Å². The summed E-state index contributed by atoms with van der Waals surface area (Å²) < 4.78 is 6.07. The summed E-state index contributed by atoms with van der Waals surface area (Å²) in [6.45, 7) is 1.90. The lowest BCUT2D eigenvalue weighted by molar-refractivity contribution is -0.191. The summed E-state index contributed by atoms with van der Waals surface area (Å²) in [5.74, 6) is -0.203. The minimum Gasteiger partial charge on any atom is -0.453 e. The van der Waals surface area contributed by atoms with Gasteiger partial charge in [0.15, 0.2) is 6.10 Å². The van der Waals surface area contributed by atoms with Gasteiger partial charge in [-0.25, -0.2) is 4.98 Å². The second-order valence-corrected chi connectivity index (χ2v) is 5.55. The van der Waals surface area contributed by atoms with Gasteiger partial charge in [-0.15, -0.1) is 0 Å². The van der Waals surface area contributed by atoms with E-state index >= 15 is 0 Å². The number of cyclic esters (lactones) is 1. The van der Waals surface area contributed by atoms with E-state index < -0.39 is 5.41 Å². The maximum atomic E-state index is 12.0. The molecule has 2 atom stereocenters. The summed E-state index contributed by atoms with van der Waals surface area (Å²) in [6, 6.07) is 15.3. The Balaban J connectivity index is 2.03. The summed E-state index contributed by atoms with van der Waals surface area (Å²) in [7, 11) is 0. The fourth-order valence-electron chi connectivity index (χ4n) is 2.38. The molecule has 3 rings (SSSR count). The molecule has 96 valence electrons. The quantitative estimate of drug-likeness (QED) is 0.629. The van der Waals surface area contributed by atoms with Gasteiger partial charge in [0.2, 0.25) is 0 Å². The predicted octanol–water partition coefficient (Wildman–Crippen LogP) is 3.40. The largest absolute Gasteiger partial charge is 0.453 e. The van der Waals surface area contributed by atoms with Crippen molar-refractivity contribution in [1.82, 2.24) is 4.98 Å². The van der Waals surface area contributed by atoms with Crippen LogP contribution < -0.4 is 0 Å². The van der Waals surface area contributed by atoms with E-state index in [0.717, 1.165) is 15.9 Å². The molecule has 4 heteroatoms. The minimum atomic E-state index is -0.658. The Labute approximate surface area is 119 Å². The molecule has 3 nitrogen and oxygen atoms in total. The van der Waals surface area contributed by atoms with Gasteiger partial charge in [-0.2, -0.15) is 0 Å². The van der Waals surface area contributed by atoms with Crippen LogP contribution >= 0.6 is 15.9 Å². The lowest BCUT2D eigenvalue weighted by Gasteiger charge is -2.44. The molecular weight excluding hydrogens is 306 g/mol. The molecule has 1 aliphatic rings. The first kappa shape index (κ1) is 12.4. The van der Waals surface area contributed by atoms with Crippen molar-refractivity contribution in [2.45, 2.75) is 18.4 Å². The molecule has 0 saturated carbocycles. The average molecular weight is 318 g/mol. The highest BCUT2D eigenvalue weighted by molar-refractivity contribution is 9.10. The number of carbonyl (C=O) groups is 1. The second-order valence-electron chi connectivity index (χ2n) is 4.74. The zero-order valence-electron chi connectivity index (χ0n) is 10.3. The van der Waals surface area contributed by atoms with E-state index in [1.165, 1.54) is 0 Å². The number of ether oxygens (including phenoxy) is 1. The number of hydrogen-bond donors (Lipinski definition) is 0. The van der Waals surface area contributed by atoms with Gasteiger partial charge in [0.1, 0.15) is 10.0 Å². The van der Waals surface area contributed by atoms with E-state index in [1.807, 2.05) is 55.5 Å². The number of rotatable bonds is 2. The molecular formula is C15H12BrNO2. The molecule has 2 heterocycles. The van der Waals surface area contributed by atoms with Crippen molar-refractivity contribution >= 4 is 21.9 Å². The van der Waals surface area contributed by atoms with Crippen LogP contribution in [0.5, 0.6) is 0 Å². The zero-order chi connectivity index (χ0) is 13.5. The van der Waals surface area contributed by atoms with Gasteiger partial charge in [-0.05, 0) is 40.5 Å². The number of pyridine rings is 1. The minimum absolute atomic E-state index is 0.203. The van der Waals surface area contributed by atoms with Gasteiger partial charge in [0, 0.05) is 0 Å². The summed E-state index contributed by atoms with van der Waals surface area (Å²) in [4.78, 5) is 16.3. The highest BCUT2D eigenvalue weighted by atomic mass is 79.9. The van der Waals surface area contributed by atoms with E-state index in [4.69, 9.17) is 4.74 Å². The molecule has 1 saturated heterocycles. The zero-order valence-corrected chi connectivity index (χ0v) is 11.9. The third-order valence-electron chi connectivity index (χ3n) is 3.55. The highest BCUT2D eigenvalue weighted by Crippen LogP contribution is 2.48. The van der Waals surface area contributed by atoms with E-state index in [9.17, 15) is 4.79 Å².